The average molecular weight is 332 g/mol. The largest absolute Gasteiger partial charge is 0.464 e. The van der Waals surface area contributed by atoms with Gasteiger partial charge < -0.3 is 9.73 Å². The van der Waals surface area contributed by atoms with Crippen LogP contribution in [0.3, 0.4) is 0 Å². The number of aromatic nitrogens is 1. The number of thiazole rings is 1. The molecule has 22 heavy (non-hydrogen) atoms. The van der Waals surface area contributed by atoms with Gasteiger partial charge >= 0.3 is 0 Å². The molecule has 0 saturated carbocycles. The summed E-state index contributed by atoms with van der Waals surface area (Å²) in [5.74, 6) is 1.48. The molecule has 0 aliphatic rings. The lowest BCUT2D eigenvalue weighted by molar-refractivity contribution is 0.0938. The van der Waals surface area contributed by atoms with Crippen LogP contribution < -0.4 is 5.32 Å². The molecule has 4 nitrogen and oxygen atoms in total. The van der Waals surface area contributed by atoms with Crippen molar-refractivity contribution in [2.75, 3.05) is 0 Å². The summed E-state index contributed by atoms with van der Waals surface area (Å²) in [6.07, 6.45) is 0. The van der Waals surface area contributed by atoms with Gasteiger partial charge in [-0.15, -0.1) is 11.3 Å². The quantitative estimate of drug-likeness (QED) is 0.761. The van der Waals surface area contributed by atoms with Crippen molar-refractivity contribution in [3.05, 3.63) is 51.1 Å². The second-order valence-electron chi connectivity index (χ2n) is 5.09. The smallest absolute Gasteiger partial charge is 0.263 e. The Morgan fingerprint density at radius 3 is 2.77 bits per heavy atom. The third-order valence-corrected chi connectivity index (χ3v) is 5.19. The van der Waals surface area contributed by atoms with Crippen LogP contribution in [-0.2, 0) is 0 Å². The van der Waals surface area contributed by atoms with E-state index in [2.05, 4.69) is 10.3 Å². The molecule has 0 fully saturated rings. The Hall–Kier alpha value is -1.92. The molecule has 0 saturated heterocycles. The maximum absolute atomic E-state index is 12.5. The Labute approximate surface area is 136 Å². The topological polar surface area (TPSA) is 55.1 Å². The minimum atomic E-state index is -0.174. The minimum absolute atomic E-state index is 0.113. The number of nitrogens with one attached hydrogen (secondary N) is 1. The Morgan fingerprint density at radius 2 is 2.14 bits per heavy atom. The second-order valence-corrected chi connectivity index (χ2v) is 6.87. The van der Waals surface area contributed by atoms with Gasteiger partial charge in [0.1, 0.15) is 21.4 Å². The maximum atomic E-state index is 12.5. The van der Waals surface area contributed by atoms with Crippen molar-refractivity contribution >= 4 is 28.6 Å². The van der Waals surface area contributed by atoms with Gasteiger partial charge in [-0.25, -0.2) is 4.98 Å². The van der Waals surface area contributed by atoms with E-state index in [0.29, 0.717) is 4.88 Å². The molecule has 0 aromatic carbocycles. The zero-order chi connectivity index (χ0) is 15.7. The molecular weight excluding hydrogens is 316 g/mol. The number of aryl methyl sites for hydroxylation is 2. The Morgan fingerprint density at radius 1 is 1.32 bits per heavy atom. The highest BCUT2D eigenvalue weighted by atomic mass is 32.1. The van der Waals surface area contributed by atoms with Crippen LogP contribution in [-0.4, -0.2) is 10.9 Å². The van der Waals surface area contributed by atoms with Crippen molar-refractivity contribution in [1.29, 1.82) is 0 Å². The molecular formula is C16H16N2O2S2. The molecule has 0 radical (unpaired) electrons. The summed E-state index contributed by atoms with van der Waals surface area (Å²) in [5, 5.41) is 7.89. The van der Waals surface area contributed by atoms with Crippen molar-refractivity contribution in [3.8, 4) is 10.6 Å². The molecule has 1 amide bonds. The first kappa shape index (κ1) is 15.0. The molecule has 1 N–H and O–H groups in total. The Balaban J connectivity index is 1.78. The summed E-state index contributed by atoms with van der Waals surface area (Å²) in [7, 11) is 0. The van der Waals surface area contributed by atoms with E-state index in [9.17, 15) is 4.79 Å². The Kier molecular flexibility index (Phi) is 4.13. The van der Waals surface area contributed by atoms with Gasteiger partial charge in [0.2, 0.25) is 0 Å². The normalized spacial score (nSPS) is 12.3. The predicted octanol–water partition coefficient (Wildman–Crippen LogP) is 4.57. The van der Waals surface area contributed by atoms with Crippen LogP contribution in [0, 0.1) is 13.8 Å². The molecule has 0 bridgehead atoms. The maximum Gasteiger partial charge on any atom is 0.263 e. The summed E-state index contributed by atoms with van der Waals surface area (Å²) < 4.78 is 5.55. The van der Waals surface area contributed by atoms with Crippen LogP contribution in [0.4, 0.5) is 0 Å². The molecule has 1 atom stereocenters. The number of rotatable bonds is 4. The van der Waals surface area contributed by atoms with Gasteiger partial charge in [-0.3, -0.25) is 4.79 Å². The third-order valence-electron chi connectivity index (χ3n) is 3.31. The second kappa shape index (κ2) is 6.06. The first-order valence-corrected chi connectivity index (χ1v) is 8.67. The molecule has 3 rings (SSSR count). The molecule has 3 heterocycles. The monoisotopic (exact) mass is 332 g/mol. The number of carbonyl (C=O) groups is 1. The van der Waals surface area contributed by atoms with E-state index in [1.165, 1.54) is 11.3 Å². The summed E-state index contributed by atoms with van der Waals surface area (Å²) in [6.45, 7) is 5.66. The van der Waals surface area contributed by atoms with E-state index in [1.54, 1.807) is 11.3 Å². The SMILES string of the molecule is Cc1ccc(C(C)NC(=O)c2sc(-c3ccsc3)nc2C)o1. The highest BCUT2D eigenvalue weighted by molar-refractivity contribution is 7.17. The average Bonchev–Trinajstić information content (AvgIpc) is 3.18. The fourth-order valence-corrected chi connectivity index (χ4v) is 3.82. The first-order valence-electron chi connectivity index (χ1n) is 6.92. The van der Waals surface area contributed by atoms with Crippen molar-refractivity contribution in [3.63, 3.8) is 0 Å². The lowest BCUT2D eigenvalue weighted by atomic mass is 10.2. The van der Waals surface area contributed by atoms with Gasteiger partial charge in [0.25, 0.3) is 5.91 Å². The van der Waals surface area contributed by atoms with Crippen LogP contribution >= 0.6 is 22.7 Å². The number of hydrogen-bond donors (Lipinski definition) is 1. The van der Waals surface area contributed by atoms with Gasteiger partial charge in [0.15, 0.2) is 0 Å². The number of thiophene rings is 1. The predicted molar refractivity (Wildman–Crippen MR) is 89.5 cm³/mol. The third kappa shape index (κ3) is 2.98. The number of nitrogens with zero attached hydrogens (tertiary/aromatic N) is 1. The van der Waals surface area contributed by atoms with Gasteiger partial charge in [-0.1, -0.05) is 0 Å². The number of amides is 1. The van der Waals surface area contributed by atoms with Gasteiger partial charge in [0.05, 0.1) is 11.7 Å². The lowest BCUT2D eigenvalue weighted by Crippen LogP contribution is -2.26. The van der Waals surface area contributed by atoms with E-state index < -0.39 is 0 Å². The number of carbonyl (C=O) groups excluding carboxylic acids is 1. The molecule has 3 aromatic heterocycles. The van der Waals surface area contributed by atoms with Crippen molar-refractivity contribution in [2.45, 2.75) is 26.8 Å². The van der Waals surface area contributed by atoms with E-state index in [1.807, 2.05) is 49.7 Å². The zero-order valence-electron chi connectivity index (χ0n) is 12.5. The van der Waals surface area contributed by atoms with Crippen molar-refractivity contribution < 1.29 is 9.21 Å². The van der Waals surface area contributed by atoms with E-state index in [0.717, 1.165) is 27.8 Å². The number of furan rings is 1. The van der Waals surface area contributed by atoms with E-state index >= 15 is 0 Å². The molecule has 0 spiro atoms. The molecule has 6 heteroatoms. The molecule has 0 aliphatic carbocycles. The van der Waals surface area contributed by atoms with Crippen LogP contribution in [0.5, 0.6) is 0 Å². The van der Waals surface area contributed by atoms with Crippen molar-refractivity contribution in [1.82, 2.24) is 10.3 Å². The lowest BCUT2D eigenvalue weighted by Gasteiger charge is -2.10. The number of hydrogen-bond acceptors (Lipinski definition) is 5. The summed E-state index contributed by atoms with van der Waals surface area (Å²) in [5.41, 5.74) is 1.82. The summed E-state index contributed by atoms with van der Waals surface area (Å²) in [4.78, 5) is 17.6. The fourth-order valence-electron chi connectivity index (χ4n) is 2.14. The highest BCUT2D eigenvalue weighted by Crippen LogP contribution is 2.29. The highest BCUT2D eigenvalue weighted by Gasteiger charge is 2.19. The first-order chi connectivity index (χ1) is 10.5. The van der Waals surface area contributed by atoms with Crippen LogP contribution in [0.2, 0.25) is 0 Å². The fraction of sp³-hybridized carbons (Fsp3) is 0.250. The van der Waals surface area contributed by atoms with Crippen LogP contribution in [0.25, 0.3) is 10.6 Å². The van der Waals surface area contributed by atoms with Gasteiger partial charge in [0, 0.05) is 10.9 Å². The Bertz CT molecular complexity index is 787. The minimum Gasteiger partial charge on any atom is -0.464 e. The van der Waals surface area contributed by atoms with Crippen LogP contribution in [0.1, 0.15) is 39.9 Å². The van der Waals surface area contributed by atoms with Gasteiger partial charge in [-0.05, 0) is 44.4 Å². The zero-order valence-corrected chi connectivity index (χ0v) is 14.2. The standard InChI is InChI=1S/C16H16N2O2S2/c1-9-4-5-13(20-9)10(2)17-15(19)14-11(3)18-16(22-14)12-6-7-21-8-12/h4-8,10H,1-3H3,(H,17,19). The van der Waals surface area contributed by atoms with E-state index in [-0.39, 0.29) is 11.9 Å². The van der Waals surface area contributed by atoms with E-state index in [4.69, 9.17) is 4.42 Å². The molecule has 3 aromatic rings. The summed E-state index contributed by atoms with van der Waals surface area (Å²) in [6, 6.07) is 5.62. The molecule has 114 valence electrons. The molecule has 0 aliphatic heterocycles. The van der Waals surface area contributed by atoms with Gasteiger partial charge in [-0.2, -0.15) is 11.3 Å². The summed E-state index contributed by atoms with van der Waals surface area (Å²) >= 11 is 3.04. The van der Waals surface area contributed by atoms with Crippen LogP contribution in [0.15, 0.2) is 33.4 Å². The van der Waals surface area contributed by atoms with Crippen molar-refractivity contribution in [2.24, 2.45) is 0 Å². The molecule has 1 unspecified atom stereocenters.